The molecule has 1 aromatic heterocycles. The van der Waals surface area contributed by atoms with Gasteiger partial charge in [-0.05, 0) is 82.1 Å². The molecule has 3 aliphatic rings. The van der Waals surface area contributed by atoms with Crippen LogP contribution in [0.4, 0.5) is 31.0 Å². The van der Waals surface area contributed by atoms with Crippen LogP contribution in [0.5, 0.6) is 0 Å². The number of hydrogen-bond acceptors (Lipinski definition) is 7. The fraction of sp³-hybridized carbons (Fsp3) is 0.433. The molecule has 2 fully saturated rings. The van der Waals surface area contributed by atoms with Gasteiger partial charge >= 0.3 is 6.03 Å². The molecular formula is C30H35F2N7O2. The van der Waals surface area contributed by atoms with Gasteiger partial charge in [0.05, 0.1) is 12.2 Å². The molecule has 2 aromatic carbocycles. The molecule has 1 atom stereocenters. The number of halogens is 2. The van der Waals surface area contributed by atoms with E-state index in [1.54, 1.807) is 7.05 Å². The molecule has 0 bridgehead atoms. The number of aliphatic hydroxyl groups excluding tert-OH is 1. The largest absolute Gasteiger partial charge is 0.374 e. The first-order valence-corrected chi connectivity index (χ1v) is 14.2. The summed E-state index contributed by atoms with van der Waals surface area (Å²) in [5.74, 6) is -1.17. The number of para-hydroxylation sites is 1. The molecule has 9 nitrogen and oxygen atoms in total. The second kappa shape index (κ2) is 11.3. The summed E-state index contributed by atoms with van der Waals surface area (Å²) in [5, 5.41) is 16.1. The quantitative estimate of drug-likeness (QED) is 0.384. The molecule has 216 valence electrons. The van der Waals surface area contributed by atoms with E-state index in [2.05, 4.69) is 20.4 Å². The Labute approximate surface area is 238 Å². The van der Waals surface area contributed by atoms with Gasteiger partial charge in [-0.1, -0.05) is 18.2 Å². The number of rotatable bonds is 6. The molecule has 2 saturated heterocycles. The number of nitrogens with zero attached hydrogens (tertiary/aromatic N) is 5. The number of aromatic nitrogens is 2. The number of hydrogen-bond donors (Lipinski definition) is 3. The fourth-order valence-corrected chi connectivity index (χ4v) is 6.19. The van der Waals surface area contributed by atoms with Gasteiger partial charge in [0.25, 0.3) is 0 Å². The summed E-state index contributed by atoms with van der Waals surface area (Å²) in [4.78, 5) is 28.7. The van der Waals surface area contributed by atoms with Crippen LogP contribution in [0.2, 0.25) is 0 Å². The van der Waals surface area contributed by atoms with Crippen LogP contribution in [-0.4, -0.2) is 65.3 Å². The third kappa shape index (κ3) is 5.13. The van der Waals surface area contributed by atoms with Crippen molar-refractivity contribution in [1.29, 1.82) is 0 Å². The number of carbonyl (C=O) groups is 1. The van der Waals surface area contributed by atoms with Crippen molar-refractivity contribution in [2.75, 3.05) is 43.0 Å². The minimum atomic E-state index is -0.889. The van der Waals surface area contributed by atoms with Crippen molar-refractivity contribution in [3.63, 3.8) is 0 Å². The number of anilines is 3. The summed E-state index contributed by atoms with van der Waals surface area (Å²) in [6.07, 6.45) is 3.51. The first-order chi connectivity index (χ1) is 19.9. The van der Waals surface area contributed by atoms with Gasteiger partial charge in [0.1, 0.15) is 23.5 Å². The highest BCUT2D eigenvalue weighted by molar-refractivity contribution is 6.02. The predicted molar refractivity (Wildman–Crippen MR) is 153 cm³/mol. The number of nitrogens with one attached hydrogen (secondary N) is 2. The second-order valence-corrected chi connectivity index (χ2v) is 11.0. The van der Waals surface area contributed by atoms with Gasteiger partial charge in [0.2, 0.25) is 5.95 Å². The average molecular weight is 564 g/mol. The lowest BCUT2D eigenvalue weighted by molar-refractivity contribution is 0.149. The molecule has 1 unspecified atom stereocenters. The average Bonchev–Trinajstić information content (AvgIpc) is 3.53. The van der Waals surface area contributed by atoms with Crippen LogP contribution in [0.3, 0.4) is 0 Å². The third-order valence-electron chi connectivity index (χ3n) is 8.48. The molecule has 0 spiro atoms. The van der Waals surface area contributed by atoms with Crippen molar-refractivity contribution in [2.24, 2.45) is 0 Å². The van der Waals surface area contributed by atoms with Crippen molar-refractivity contribution in [3.05, 3.63) is 64.7 Å². The van der Waals surface area contributed by atoms with Crippen LogP contribution < -0.4 is 20.4 Å². The number of fused-ring (bicyclic) bond motifs is 1. The standard InChI is InChI=1S/C30H35F2N7O2/c1-18-8-9-19(28(40)33-2)16-21(18)25-22-17-34-30(41)39(26-23(31)6-5-7-24(26)32)27(22)36-29(35-25)38-14-10-20(11-15-38)37-12-3-4-13-37/h5-9,16,20,28,33,40H,3-4,10-15,17H2,1-2H3,(H,34,41). The maximum atomic E-state index is 15.1. The smallest absolute Gasteiger partial charge is 0.328 e. The van der Waals surface area contributed by atoms with E-state index >= 15 is 8.78 Å². The minimum absolute atomic E-state index is 0.0889. The Morgan fingerprint density at radius 3 is 2.44 bits per heavy atom. The van der Waals surface area contributed by atoms with Gasteiger partial charge in [0, 0.05) is 30.3 Å². The van der Waals surface area contributed by atoms with Crippen LogP contribution in [-0.2, 0) is 6.54 Å². The molecule has 6 rings (SSSR count). The lowest BCUT2D eigenvalue weighted by Crippen LogP contribution is -2.45. The Balaban J connectivity index is 1.48. The van der Waals surface area contributed by atoms with Gasteiger partial charge in [0.15, 0.2) is 5.82 Å². The monoisotopic (exact) mass is 563 g/mol. The van der Waals surface area contributed by atoms with Crippen molar-refractivity contribution in [3.8, 4) is 11.3 Å². The summed E-state index contributed by atoms with van der Waals surface area (Å²) in [6.45, 7) is 5.77. The lowest BCUT2D eigenvalue weighted by atomic mass is 9.97. The van der Waals surface area contributed by atoms with E-state index in [9.17, 15) is 9.90 Å². The number of carbonyl (C=O) groups excluding carboxylic acids is 1. The van der Waals surface area contributed by atoms with Gasteiger partial charge in [-0.15, -0.1) is 0 Å². The molecule has 3 N–H and O–H groups in total. The van der Waals surface area contributed by atoms with E-state index in [-0.39, 0.29) is 12.4 Å². The van der Waals surface area contributed by atoms with E-state index in [4.69, 9.17) is 9.97 Å². The molecule has 11 heteroatoms. The predicted octanol–water partition coefficient (Wildman–Crippen LogP) is 4.37. The van der Waals surface area contributed by atoms with Crippen molar-refractivity contribution < 1.29 is 18.7 Å². The molecule has 0 saturated carbocycles. The maximum absolute atomic E-state index is 15.1. The Bertz CT molecular complexity index is 1430. The zero-order valence-electron chi connectivity index (χ0n) is 23.3. The number of amides is 2. The minimum Gasteiger partial charge on any atom is -0.374 e. The Kier molecular flexibility index (Phi) is 7.58. The third-order valence-corrected chi connectivity index (χ3v) is 8.48. The van der Waals surface area contributed by atoms with Gasteiger partial charge < -0.3 is 20.2 Å². The summed E-state index contributed by atoms with van der Waals surface area (Å²) in [6, 6.07) is 8.95. The highest BCUT2D eigenvalue weighted by atomic mass is 19.1. The number of likely N-dealkylation sites (tertiary alicyclic amines) is 1. The molecule has 0 radical (unpaired) electrons. The summed E-state index contributed by atoms with van der Waals surface area (Å²) in [7, 11) is 1.66. The van der Waals surface area contributed by atoms with Gasteiger partial charge in [-0.3, -0.25) is 5.32 Å². The summed E-state index contributed by atoms with van der Waals surface area (Å²) < 4.78 is 30.1. The SMILES string of the molecule is CNC(O)c1ccc(C)c(-c2nc(N3CCC(N4CCCC4)CC3)nc3c2CNC(=O)N3c2c(F)cccc2F)c1. The topological polar surface area (TPSA) is 96.9 Å². The van der Waals surface area contributed by atoms with Crippen LogP contribution >= 0.6 is 0 Å². The molecule has 2 amide bonds. The normalized spacial score (nSPS) is 18.9. The van der Waals surface area contributed by atoms with Crippen molar-refractivity contribution in [1.82, 2.24) is 25.5 Å². The van der Waals surface area contributed by atoms with Crippen LogP contribution in [0.1, 0.15) is 48.6 Å². The molecular weight excluding hydrogens is 528 g/mol. The van der Waals surface area contributed by atoms with E-state index in [1.165, 1.54) is 18.9 Å². The fourth-order valence-electron chi connectivity index (χ4n) is 6.19. The first-order valence-electron chi connectivity index (χ1n) is 14.2. The summed E-state index contributed by atoms with van der Waals surface area (Å²) >= 11 is 0. The van der Waals surface area contributed by atoms with E-state index in [0.717, 1.165) is 67.2 Å². The van der Waals surface area contributed by atoms with Crippen LogP contribution in [0.25, 0.3) is 11.3 Å². The van der Waals surface area contributed by atoms with Gasteiger partial charge in [-0.25, -0.2) is 23.5 Å². The van der Waals surface area contributed by atoms with Crippen molar-refractivity contribution in [2.45, 2.75) is 51.4 Å². The molecule has 4 heterocycles. The highest BCUT2D eigenvalue weighted by Gasteiger charge is 2.36. The molecule has 3 aromatic rings. The Morgan fingerprint density at radius 2 is 1.76 bits per heavy atom. The molecule has 41 heavy (non-hydrogen) atoms. The zero-order valence-corrected chi connectivity index (χ0v) is 23.3. The summed E-state index contributed by atoms with van der Waals surface area (Å²) in [5.41, 5.74) is 2.90. The number of urea groups is 1. The lowest BCUT2D eigenvalue weighted by Gasteiger charge is -2.37. The van der Waals surface area contributed by atoms with E-state index < -0.39 is 29.6 Å². The van der Waals surface area contributed by atoms with Crippen LogP contribution in [0.15, 0.2) is 36.4 Å². The van der Waals surface area contributed by atoms with E-state index in [1.807, 2.05) is 25.1 Å². The maximum Gasteiger partial charge on any atom is 0.328 e. The zero-order chi connectivity index (χ0) is 28.7. The van der Waals surface area contributed by atoms with Gasteiger partial charge in [-0.2, -0.15) is 4.98 Å². The molecule has 0 aliphatic carbocycles. The highest BCUT2D eigenvalue weighted by Crippen LogP contribution is 2.40. The number of benzene rings is 2. The van der Waals surface area contributed by atoms with Crippen LogP contribution in [0, 0.1) is 18.6 Å². The Hall–Kier alpha value is -3.67. The molecule has 3 aliphatic heterocycles. The number of piperidine rings is 1. The number of aliphatic hydroxyl groups is 1. The Morgan fingerprint density at radius 1 is 1.05 bits per heavy atom. The second-order valence-electron chi connectivity index (χ2n) is 11.0. The van der Waals surface area contributed by atoms with E-state index in [0.29, 0.717) is 28.8 Å². The first kappa shape index (κ1) is 27.5. The number of aryl methyl sites for hydroxylation is 1. The van der Waals surface area contributed by atoms with Crippen molar-refractivity contribution >= 4 is 23.5 Å².